The number of amides is 1. The molecule has 2 aromatic rings. The SMILES string of the molecule is COc1cc(NC(=O)c2noc3c2C[C@@H](C)CC3)c(OC)cc1Cl. The molecule has 1 heterocycles. The van der Waals surface area contributed by atoms with Crippen LogP contribution in [0, 0.1) is 5.92 Å². The predicted octanol–water partition coefficient (Wildman–Crippen LogP) is 3.72. The molecule has 0 unspecified atom stereocenters. The van der Waals surface area contributed by atoms with E-state index in [4.69, 9.17) is 25.6 Å². The highest BCUT2D eigenvalue weighted by Gasteiger charge is 2.27. The second-order valence-corrected chi connectivity index (χ2v) is 6.33. The molecule has 1 amide bonds. The van der Waals surface area contributed by atoms with Crippen molar-refractivity contribution in [3.8, 4) is 11.5 Å². The maximum absolute atomic E-state index is 12.6. The van der Waals surface area contributed by atoms with Gasteiger partial charge < -0.3 is 19.3 Å². The topological polar surface area (TPSA) is 73.6 Å². The Kier molecular flexibility index (Phi) is 4.66. The van der Waals surface area contributed by atoms with E-state index >= 15 is 0 Å². The maximum atomic E-state index is 12.6. The van der Waals surface area contributed by atoms with E-state index in [1.165, 1.54) is 14.2 Å². The molecule has 3 rings (SSSR count). The molecule has 1 N–H and O–H groups in total. The first-order valence-electron chi connectivity index (χ1n) is 7.73. The molecular weight excluding hydrogens is 332 g/mol. The third-order valence-electron chi connectivity index (χ3n) is 4.22. The molecule has 7 heteroatoms. The molecule has 0 saturated carbocycles. The number of aryl methyl sites for hydroxylation is 1. The maximum Gasteiger partial charge on any atom is 0.278 e. The highest BCUT2D eigenvalue weighted by Crippen LogP contribution is 2.36. The largest absolute Gasteiger partial charge is 0.495 e. The Labute approximate surface area is 145 Å². The van der Waals surface area contributed by atoms with Gasteiger partial charge in [0.25, 0.3) is 5.91 Å². The van der Waals surface area contributed by atoms with Gasteiger partial charge in [0, 0.05) is 24.1 Å². The summed E-state index contributed by atoms with van der Waals surface area (Å²) in [5, 5.41) is 7.17. The van der Waals surface area contributed by atoms with E-state index in [0.717, 1.165) is 30.6 Å². The monoisotopic (exact) mass is 350 g/mol. The molecule has 0 saturated heterocycles. The molecule has 0 fully saturated rings. The van der Waals surface area contributed by atoms with Gasteiger partial charge in [-0.3, -0.25) is 4.79 Å². The van der Waals surface area contributed by atoms with Gasteiger partial charge in [-0.15, -0.1) is 0 Å². The molecule has 1 aliphatic carbocycles. The highest BCUT2D eigenvalue weighted by molar-refractivity contribution is 6.32. The summed E-state index contributed by atoms with van der Waals surface area (Å²) in [6.07, 6.45) is 2.66. The Morgan fingerprint density at radius 3 is 2.79 bits per heavy atom. The van der Waals surface area contributed by atoms with Crippen LogP contribution in [-0.2, 0) is 12.8 Å². The number of rotatable bonds is 4. The van der Waals surface area contributed by atoms with Crippen LogP contribution in [0.5, 0.6) is 11.5 Å². The van der Waals surface area contributed by atoms with Crippen molar-refractivity contribution in [1.82, 2.24) is 5.16 Å². The molecule has 24 heavy (non-hydrogen) atoms. The zero-order valence-corrected chi connectivity index (χ0v) is 14.6. The van der Waals surface area contributed by atoms with Gasteiger partial charge in [-0.1, -0.05) is 23.7 Å². The van der Waals surface area contributed by atoms with Crippen molar-refractivity contribution < 1.29 is 18.8 Å². The molecule has 1 aliphatic rings. The highest BCUT2D eigenvalue weighted by atomic mass is 35.5. The number of ether oxygens (including phenoxy) is 2. The van der Waals surface area contributed by atoms with Gasteiger partial charge in [0.2, 0.25) is 0 Å². The van der Waals surface area contributed by atoms with Crippen molar-refractivity contribution in [3.05, 3.63) is 34.2 Å². The number of benzene rings is 1. The number of anilines is 1. The second kappa shape index (κ2) is 6.73. The lowest BCUT2D eigenvalue weighted by molar-refractivity contribution is 0.101. The number of hydrogen-bond donors (Lipinski definition) is 1. The van der Waals surface area contributed by atoms with Gasteiger partial charge in [0.15, 0.2) is 5.69 Å². The minimum atomic E-state index is -0.336. The Balaban J connectivity index is 1.89. The lowest BCUT2D eigenvalue weighted by atomic mass is 9.88. The fourth-order valence-corrected chi connectivity index (χ4v) is 3.13. The van der Waals surface area contributed by atoms with Crippen LogP contribution in [0.1, 0.15) is 35.2 Å². The number of carbonyl (C=O) groups is 1. The van der Waals surface area contributed by atoms with Crippen LogP contribution in [0.4, 0.5) is 5.69 Å². The Bertz CT molecular complexity index is 772. The first-order chi connectivity index (χ1) is 11.5. The number of hydrogen-bond acceptors (Lipinski definition) is 5. The van der Waals surface area contributed by atoms with E-state index in [1.807, 2.05) is 0 Å². The first-order valence-corrected chi connectivity index (χ1v) is 8.11. The normalized spacial score (nSPS) is 16.4. The average molecular weight is 351 g/mol. The van der Waals surface area contributed by atoms with Crippen LogP contribution < -0.4 is 14.8 Å². The summed E-state index contributed by atoms with van der Waals surface area (Å²) in [7, 11) is 3.02. The molecule has 1 atom stereocenters. The molecule has 1 aromatic carbocycles. The summed E-state index contributed by atoms with van der Waals surface area (Å²) < 4.78 is 15.8. The van der Waals surface area contributed by atoms with Crippen LogP contribution in [0.2, 0.25) is 5.02 Å². The third kappa shape index (κ3) is 3.06. The van der Waals surface area contributed by atoms with Crippen molar-refractivity contribution in [3.63, 3.8) is 0 Å². The summed E-state index contributed by atoms with van der Waals surface area (Å²) in [5.74, 6) is 1.87. The van der Waals surface area contributed by atoms with Crippen molar-refractivity contribution in [1.29, 1.82) is 0 Å². The minimum absolute atomic E-state index is 0.326. The zero-order chi connectivity index (χ0) is 17.3. The molecule has 0 bridgehead atoms. The minimum Gasteiger partial charge on any atom is -0.495 e. The third-order valence-corrected chi connectivity index (χ3v) is 4.52. The zero-order valence-electron chi connectivity index (χ0n) is 13.8. The Hall–Kier alpha value is -2.21. The van der Waals surface area contributed by atoms with Crippen LogP contribution in [-0.4, -0.2) is 25.3 Å². The Morgan fingerprint density at radius 2 is 2.08 bits per heavy atom. The molecule has 0 spiro atoms. The van der Waals surface area contributed by atoms with Gasteiger partial charge in [0.05, 0.1) is 24.9 Å². The van der Waals surface area contributed by atoms with Crippen LogP contribution >= 0.6 is 11.6 Å². The van der Waals surface area contributed by atoms with Gasteiger partial charge in [-0.05, 0) is 18.8 Å². The van der Waals surface area contributed by atoms with Crippen LogP contribution in [0.3, 0.4) is 0 Å². The molecule has 1 aromatic heterocycles. The standard InChI is InChI=1S/C17H19ClN2O4/c1-9-4-5-13-10(6-9)16(20-24-13)17(21)19-12-8-14(22-2)11(18)7-15(12)23-3/h7-9H,4-6H2,1-3H3,(H,19,21)/t9-/m0/s1. The van der Waals surface area contributed by atoms with Crippen LogP contribution in [0.25, 0.3) is 0 Å². The van der Waals surface area contributed by atoms with Crippen molar-refractivity contribution >= 4 is 23.2 Å². The van der Waals surface area contributed by atoms with Gasteiger partial charge in [-0.2, -0.15) is 0 Å². The number of fused-ring (bicyclic) bond motifs is 1. The number of halogens is 1. The number of nitrogens with one attached hydrogen (secondary N) is 1. The summed E-state index contributed by atoms with van der Waals surface area (Å²) >= 11 is 6.08. The van der Waals surface area contributed by atoms with E-state index in [-0.39, 0.29) is 5.91 Å². The molecule has 0 radical (unpaired) electrons. The number of aromatic nitrogens is 1. The molecule has 6 nitrogen and oxygen atoms in total. The van der Waals surface area contributed by atoms with E-state index in [0.29, 0.717) is 33.8 Å². The number of methoxy groups -OCH3 is 2. The number of carbonyl (C=O) groups excluding carboxylic acids is 1. The second-order valence-electron chi connectivity index (χ2n) is 5.92. The summed E-state index contributed by atoms with van der Waals surface area (Å²) in [4.78, 5) is 12.6. The molecule has 128 valence electrons. The average Bonchev–Trinajstić information content (AvgIpc) is 2.99. The number of nitrogens with zero attached hydrogens (tertiary/aromatic N) is 1. The predicted molar refractivity (Wildman–Crippen MR) is 90.2 cm³/mol. The van der Waals surface area contributed by atoms with E-state index < -0.39 is 0 Å². The lowest BCUT2D eigenvalue weighted by Gasteiger charge is -2.17. The lowest BCUT2D eigenvalue weighted by Crippen LogP contribution is -2.18. The summed E-state index contributed by atoms with van der Waals surface area (Å²) in [6, 6.07) is 3.21. The fraction of sp³-hybridized carbons (Fsp3) is 0.412. The van der Waals surface area contributed by atoms with Gasteiger partial charge >= 0.3 is 0 Å². The Morgan fingerprint density at radius 1 is 1.33 bits per heavy atom. The first kappa shape index (κ1) is 16.6. The van der Waals surface area contributed by atoms with Crippen molar-refractivity contribution in [2.24, 2.45) is 5.92 Å². The van der Waals surface area contributed by atoms with Crippen LogP contribution in [0.15, 0.2) is 16.7 Å². The van der Waals surface area contributed by atoms with Gasteiger partial charge in [-0.25, -0.2) is 0 Å². The summed E-state index contributed by atoms with van der Waals surface area (Å²) in [6.45, 7) is 2.16. The van der Waals surface area contributed by atoms with Crippen molar-refractivity contribution in [2.75, 3.05) is 19.5 Å². The smallest absolute Gasteiger partial charge is 0.278 e. The van der Waals surface area contributed by atoms with E-state index in [1.54, 1.807) is 12.1 Å². The van der Waals surface area contributed by atoms with Gasteiger partial charge in [0.1, 0.15) is 17.3 Å². The summed E-state index contributed by atoms with van der Waals surface area (Å²) in [5.41, 5.74) is 1.68. The van der Waals surface area contributed by atoms with E-state index in [9.17, 15) is 4.79 Å². The molecular formula is C17H19ClN2O4. The molecule has 0 aliphatic heterocycles. The van der Waals surface area contributed by atoms with E-state index in [2.05, 4.69) is 17.4 Å². The quantitative estimate of drug-likeness (QED) is 0.909. The van der Waals surface area contributed by atoms with Crippen molar-refractivity contribution in [2.45, 2.75) is 26.2 Å². The fourth-order valence-electron chi connectivity index (χ4n) is 2.90.